The van der Waals surface area contributed by atoms with Crippen molar-refractivity contribution in [2.45, 2.75) is 24.4 Å². The molecule has 1 rings (SSSR count). The molecule has 0 fully saturated rings. The molecule has 0 spiro atoms. The van der Waals surface area contributed by atoms with Crippen LogP contribution in [0.2, 0.25) is 0 Å². The fraction of sp³-hybridized carbons (Fsp3) is 0.571. The second-order valence-electron chi connectivity index (χ2n) is 2.84. The van der Waals surface area contributed by atoms with Crippen molar-refractivity contribution in [1.82, 2.24) is 0 Å². The lowest BCUT2D eigenvalue weighted by atomic mass is 9.90. The van der Waals surface area contributed by atoms with Gasteiger partial charge >= 0.3 is 5.97 Å². The average molecular weight is 190 g/mol. The SMILES string of the molecule is O=C(O)C1=C[C@@H](O)[C@@H](O)[C@H](O)[C@@H]1O. The van der Waals surface area contributed by atoms with Crippen LogP contribution in [0.4, 0.5) is 0 Å². The van der Waals surface area contributed by atoms with Crippen LogP contribution in [0.1, 0.15) is 0 Å². The third-order valence-corrected chi connectivity index (χ3v) is 1.94. The van der Waals surface area contributed by atoms with Gasteiger partial charge in [-0.3, -0.25) is 0 Å². The number of carboxylic acids is 1. The minimum Gasteiger partial charge on any atom is -0.478 e. The van der Waals surface area contributed by atoms with Crippen LogP contribution in [0.15, 0.2) is 11.6 Å². The molecule has 0 radical (unpaired) electrons. The zero-order valence-corrected chi connectivity index (χ0v) is 6.53. The number of hydrogen-bond acceptors (Lipinski definition) is 5. The summed E-state index contributed by atoms with van der Waals surface area (Å²) in [6.07, 6.45) is -5.56. The molecule has 0 aliphatic heterocycles. The monoisotopic (exact) mass is 190 g/mol. The topological polar surface area (TPSA) is 118 Å². The Hall–Kier alpha value is -0.950. The molecular weight excluding hydrogens is 180 g/mol. The second-order valence-corrected chi connectivity index (χ2v) is 2.84. The number of aliphatic hydroxyl groups excluding tert-OH is 4. The molecule has 0 bridgehead atoms. The first-order chi connectivity index (χ1) is 5.95. The Morgan fingerprint density at radius 3 is 2.15 bits per heavy atom. The van der Waals surface area contributed by atoms with Crippen molar-refractivity contribution in [1.29, 1.82) is 0 Å². The molecule has 6 nitrogen and oxygen atoms in total. The largest absolute Gasteiger partial charge is 0.478 e. The Morgan fingerprint density at radius 1 is 1.15 bits per heavy atom. The summed E-state index contributed by atoms with van der Waals surface area (Å²) in [5.41, 5.74) is -0.509. The fourth-order valence-electron chi connectivity index (χ4n) is 1.15. The van der Waals surface area contributed by atoms with Crippen molar-refractivity contribution >= 4 is 5.97 Å². The number of aliphatic hydroxyl groups is 4. The first-order valence-electron chi connectivity index (χ1n) is 3.62. The number of carboxylic acid groups (broad SMARTS) is 1. The van der Waals surface area contributed by atoms with E-state index in [1.165, 1.54) is 0 Å². The van der Waals surface area contributed by atoms with Crippen molar-refractivity contribution in [2.24, 2.45) is 0 Å². The van der Waals surface area contributed by atoms with Gasteiger partial charge in [0.15, 0.2) is 0 Å². The van der Waals surface area contributed by atoms with Crippen molar-refractivity contribution in [3.05, 3.63) is 11.6 Å². The highest BCUT2D eigenvalue weighted by atomic mass is 16.4. The number of carbonyl (C=O) groups is 1. The van der Waals surface area contributed by atoms with Crippen LogP contribution < -0.4 is 0 Å². The molecule has 4 atom stereocenters. The van der Waals surface area contributed by atoms with E-state index in [9.17, 15) is 4.79 Å². The van der Waals surface area contributed by atoms with Crippen molar-refractivity contribution < 1.29 is 30.3 Å². The lowest BCUT2D eigenvalue weighted by Crippen LogP contribution is -2.49. The summed E-state index contributed by atoms with van der Waals surface area (Å²) in [6.45, 7) is 0. The van der Waals surface area contributed by atoms with Crippen molar-refractivity contribution in [3.8, 4) is 0 Å². The second kappa shape index (κ2) is 3.43. The van der Waals surface area contributed by atoms with Gasteiger partial charge in [-0.2, -0.15) is 0 Å². The molecule has 0 aromatic heterocycles. The Bertz CT molecular complexity index is 247. The van der Waals surface area contributed by atoms with Gasteiger partial charge in [0.25, 0.3) is 0 Å². The highest BCUT2D eigenvalue weighted by Crippen LogP contribution is 2.20. The quantitative estimate of drug-likeness (QED) is 0.311. The predicted molar refractivity (Wildman–Crippen MR) is 39.7 cm³/mol. The first kappa shape index (κ1) is 10.1. The van der Waals surface area contributed by atoms with Crippen LogP contribution in [-0.2, 0) is 4.79 Å². The van der Waals surface area contributed by atoms with Gasteiger partial charge in [-0.05, 0) is 6.08 Å². The highest BCUT2D eigenvalue weighted by molar-refractivity contribution is 5.88. The molecule has 0 amide bonds. The van der Waals surface area contributed by atoms with Gasteiger partial charge in [0.1, 0.15) is 24.4 Å². The standard InChI is InChI=1S/C7H10O6/c8-3-1-2(7(12)13)4(9)6(11)5(3)10/h1,3-6,8-11H,(H,12,13)/t3-,4-,5-,6-/m1/s1. The molecular formula is C7H10O6. The molecule has 5 N–H and O–H groups in total. The molecule has 0 aromatic rings. The highest BCUT2D eigenvalue weighted by Gasteiger charge is 2.38. The lowest BCUT2D eigenvalue weighted by molar-refractivity contribution is -0.138. The maximum absolute atomic E-state index is 10.4. The summed E-state index contributed by atoms with van der Waals surface area (Å²) in [4.78, 5) is 10.4. The first-order valence-corrected chi connectivity index (χ1v) is 3.62. The van der Waals surface area contributed by atoms with E-state index in [2.05, 4.69) is 0 Å². The predicted octanol–water partition coefficient (Wildman–Crippen LogP) is -2.55. The minimum atomic E-state index is -1.67. The number of aliphatic carboxylic acids is 1. The van der Waals surface area contributed by atoms with Gasteiger partial charge in [0.05, 0.1) is 5.57 Å². The van der Waals surface area contributed by atoms with E-state index in [0.717, 1.165) is 6.08 Å². The van der Waals surface area contributed by atoms with Gasteiger partial charge in [-0.25, -0.2) is 4.79 Å². The van der Waals surface area contributed by atoms with Crippen LogP contribution in [0.25, 0.3) is 0 Å². The van der Waals surface area contributed by atoms with Crippen LogP contribution in [0.5, 0.6) is 0 Å². The fourth-order valence-corrected chi connectivity index (χ4v) is 1.15. The Kier molecular flexibility index (Phi) is 2.67. The number of rotatable bonds is 1. The summed E-state index contributed by atoms with van der Waals surface area (Å²) in [6, 6.07) is 0. The molecule has 0 saturated carbocycles. The normalized spacial score (nSPS) is 39.8. The lowest BCUT2D eigenvalue weighted by Gasteiger charge is -2.30. The van der Waals surface area contributed by atoms with Gasteiger partial charge in [-0.15, -0.1) is 0 Å². The van der Waals surface area contributed by atoms with Crippen molar-refractivity contribution in [2.75, 3.05) is 0 Å². The molecule has 6 heteroatoms. The van der Waals surface area contributed by atoms with E-state index in [0.29, 0.717) is 0 Å². The maximum Gasteiger partial charge on any atom is 0.334 e. The smallest absolute Gasteiger partial charge is 0.334 e. The van der Waals surface area contributed by atoms with Gasteiger partial charge in [-0.1, -0.05) is 0 Å². The van der Waals surface area contributed by atoms with E-state index in [-0.39, 0.29) is 0 Å². The van der Waals surface area contributed by atoms with E-state index in [1.54, 1.807) is 0 Å². The number of hydrogen-bond donors (Lipinski definition) is 5. The molecule has 0 unspecified atom stereocenters. The van der Waals surface area contributed by atoms with E-state index in [4.69, 9.17) is 25.5 Å². The van der Waals surface area contributed by atoms with Crippen LogP contribution >= 0.6 is 0 Å². The van der Waals surface area contributed by atoms with Gasteiger partial charge in [0.2, 0.25) is 0 Å². The summed E-state index contributed by atoms with van der Waals surface area (Å²) >= 11 is 0. The van der Waals surface area contributed by atoms with Crippen molar-refractivity contribution in [3.63, 3.8) is 0 Å². The van der Waals surface area contributed by atoms with Crippen LogP contribution in [-0.4, -0.2) is 55.9 Å². The zero-order chi connectivity index (χ0) is 10.2. The molecule has 13 heavy (non-hydrogen) atoms. The third-order valence-electron chi connectivity index (χ3n) is 1.94. The van der Waals surface area contributed by atoms with Crippen LogP contribution in [0, 0.1) is 0 Å². The molecule has 1 aliphatic rings. The van der Waals surface area contributed by atoms with E-state index >= 15 is 0 Å². The van der Waals surface area contributed by atoms with E-state index < -0.39 is 36.0 Å². The minimum absolute atomic E-state index is 0.509. The molecule has 0 heterocycles. The van der Waals surface area contributed by atoms with E-state index in [1.807, 2.05) is 0 Å². The third kappa shape index (κ3) is 1.70. The summed E-state index contributed by atoms with van der Waals surface area (Å²) in [5.74, 6) is -1.43. The maximum atomic E-state index is 10.4. The van der Waals surface area contributed by atoms with Gasteiger partial charge in [0, 0.05) is 0 Å². The van der Waals surface area contributed by atoms with Crippen LogP contribution in [0.3, 0.4) is 0 Å². The molecule has 74 valence electrons. The van der Waals surface area contributed by atoms with Gasteiger partial charge < -0.3 is 25.5 Å². The summed E-state index contributed by atoms with van der Waals surface area (Å²) in [5, 5.41) is 44.7. The zero-order valence-electron chi connectivity index (χ0n) is 6.53. The molecule has 0 aromatic carbocycles. The average Bonchev–Trinajstić information content (AvgIpc) is 2.07. The Balaban J connectivity index is 2.97. The summed E-state index contributed by atoms with van der Waals surface area (Å²) in [7, 11) is 0. The molecule has 0 saturated heterocycles. The Labute approximate surface area is 73.4 Å². The molecule has 1 aliphatic carbocycles. The summed E-state index contributed by atoms with van der Waals surface area (Å²) < 4.78 is 0. The Morgan fingerprint density at radius 2 is 1.69 bits per heavy atom.